The third-order valence-electron chi connectivity index (χ3n) is 4.39. The number of nitrogens with zero attached hydrogens (tertiary/aromatic N) is 3. The number of amides is 1. The van der Waals surface area contributed by atoms with E-state index in [1.165, 1.54) is 10.4 Å². The second-order valence-electron chi connectivity index (χ2n) is 5.99. The lowest BCUT2D eigenvalue weighted by Crippen LogP contribution is -2.48. The van der Waals surface area contributed by atoms with E-state index in [4.69, 9.17) is 0 Å². The van der Waals surface area contributed by atoms with Gasteiger partial charge in [0.2, 0.25) is 5.91 Å². The third kappa shape index (κ3) is 3.91. The fraction of sp³-hybridized carbons (Fsp3) is 0.444. The molecule has 0 atom stereocenters. The van der Waals surface area contributed by atoms with E-state index >= 15 is 0 Å². The number of aromatic nitrogens is 1. The van der Waals surface area contributed by atoms with Crippen molar-refractivity contribution in [1.82, 2.24) is 9.88 Å². The minimum atomic E-state index is 0.264. The molecule has 5 heteroatoms. The zero-order valence-corrected chi connectivity index (χ0v) is 14.6. The number of piperazine rings is 1. The van der Waals surface area contributed by atoms with Gasteiger partial charge in [0.25, 0.3) is 0 Å². The molecule has 1 saturated heterocycles. The Labute approximate surface area is 141 Å². The molecule has 0 saturated carbocycles. The molecule has 4 nitrogen and oxygen atoms in total. The Morgan fingerprint density at radius 2 is 1.83 bits per heavy atom. The van der Waals surface area contributed by atoms with Gasteiger partial charge in [-0.05, 0) is 25.8 Å². The first-order valence-corrected chi connectivity index (χ1v) is 8.96. The smallest absolute Gasteiger partial charge is 0.223 e. The van der Waals surface area contributed by atoms with E-state index in [-0.39, 0.29) is 5.91 Å². The first-order chi connectivity index (χ1) is 11.1. The molecule has 2 aromatic rings. The number of aryl methyl sites for hydroxylation is 3. The van der Waals surface area contributed by atoms with E-state index in [0.717, 1.165) is 43.4 Å². The number of thiazole rings is 1. The summed E-state index contributed by atoms with van der Waals surface area (Å²) < 4.78 is 0. The van der Waals surface area contributed by atoms with E-state index in [0.29, 0.717) is 6.42 Å². The first kappa shape index (κ1) is 16.0. The largest absolute Gasteiger partial charge is 0.345 e. The van der Waals surface area contributed by atoms with Gasteiger partial charge in [-0.15, -0.1) is 11.3 Å². The van der Waals surface area contributed by atoms with Gasteiger partial charge in [0, 0.05) is 37.5 Å². The summed E-state index contributed by atoms with van der Waals surface area (Å²) in [5.74, 6) is 0.264. The van der Waals surface area contributed by atoms with E-state index in [1.54, 1.807) is 11.3 Å². The van der Waals surface area contributed by atoms with Crippen molar-refractivity contribution in [3.63, 3.8) is 0 Å². The zero-order valence-electron chi connectivity index (χ0n) is 13.8. The predicted molar refractivity (Wildman–Crippen MR) is 95.1 cm³/mol. The highest BCUT2D eigenvalue weighted by Crippen LogP contribution is 2.26. The summed E-state index contributed by atoms with van der Waals surface area (Å²) in [4.78, 5) is 22.6. The molecule has 0 aliphatic carbocycles. The van der Waals surface area contributed by atoms with Crippen LogP contribution in [0.15, 0.2) is 30.3 Å². The average molecular weight is 329 g/mol. The fourth-order valence-electron chi connectivity index (χ4n) is 2.79. The lowest BCUT2D eigenvalue weighted by molar-refractivity contribution is -0.131. The van der Waals surface area contributed by atoms with Crippen molar-refractivity contribution in [2.24, 2.45) is 0 Å². The molecular weight excluding hydrogens is 306 g/mol. The number of rotatable bonds is 4. The highest BCUT2D eigenvalue weighted by Gasteiger charge is 2.22. The number of hydrogen-bond donors (Lipinski definition) is 0. The molecule has 23 heavy (non-hydrogen) atoms. The normalized spacial score (nSPS) is 15.0. The minimum absolute atomic E-state index is 0.264. The molecule has 1 aromatic heterocycles. The molecule has 1 fully saturated rings. The van der Waals surface area contributed by atoms with Crippen LogP contribution in [0.2, 0.25) is 0 Å². The predicted octanol–water partition coefficient (Wildman–Crippen LogP) is 3.04. The molecule has 0 bridgehead atoms. The van der Waals surface area contributed by atoms with E-state index in [2.05, 4.69) is 35.9 Å². The number of anilines is 1. The monoisotopic (exact) mass is 329 g/mol. The second kappa shape index (κ2) is 7.13. The van der Waals surface area contributed by atoms with E-state index in [1.807, 2.05) is 23.1 Å². The van der Waals surface area contributed by atoms with Crippen LogP contribution in [0.3, 0.4) is 0 Å². The Morgan fingerprint density at radius 3 is 2.43 bits per heavy atom. The standard InChI is InChI=1S/C18H23N3OS/c1-14-15(2)23-18(19-14)21-12-10-20(11-13-21)17(22)9-8-16-6-4-3-5-7-16/h3-7H,8-13H2,1-2H3. The van der Waals surface area contributed by atoms with Crippen LogP contribution in [-0.4, -0.2) is 42.0 Å². The van der Waals surface area contributed by atoms with E-state index in [9.17, 15) is 4.79 Å². The lowest BCUT2D eigenvalue weighted by Gasteiger charge is -2.34. The number of carbonyl (C=O) groups excluding carboxylic acids is 1. The zero-order chi connectivity index (χ0) is 16.2. The molecule has 2 heterocycles. The number of hydrogen-bond acceptors (Lipinski definition) is 4. The van der Waals surface area contributed by atoms with Gasteiger partial charge in [-0.25, -0.2) is 4.98 Å². The van der Waals surface area contributed by atoms with Gasteiger partial charge in [-0.2, -0.15) is 0 Å². The highest BCUT2D eigenvalue weighted by molar-refractivity contribution is 7.15. The summed E-state index contributed by atoms with van der Waals surface area (Å²) >= 11 is 1.75. The van der Waals surface area contributed by atoms with Crippen molar-refractivity contribution in [2.75, 3.05) is 31.1 Å². The number of benzene rings is 1. The molecule has 0 spiro atoms. The maximum atomic E-state index is 12.4. The van der Waals surface area contributed by atoms with Crippen molar-refractivity contribution in [3.8, 4) is 0 Å². The van der Waals surface area contributed by atoms with Gasteiger partial charge in [0.15, 0.2) is 5.13 Å². The summed E-state index contributed by atoms with van der Waals surface area (Å²) in [5.41, 5.74) is 2.35. The summed E-state index contributed by atoms with van der Waals surface area (Å²) in [6.45, 7) is 7.52. The third-order valence-corrected chi connectivity index (χ3v) is 5.52. The Morgan fingerprint density at radius 1 is 1.13 bits per heavy atom. The van der Waals surface area contributed by atoms with Crippen molar-refractivity contribution >= 4 is 22.4 Å². The molecule has 122 valence electrons. The lowest BCUT2D eigenvalue weighted by atomic mass is 10.1. The summed E-state index contributed by atoms with van der Waals surface area (Å²) in [5, 5.41) is 1.09. The van der Waals surface area contributed by atoms with Crippen LogP contribution in [0.25, 0.3) is 0 Å². The SMILES string of the molecule is Cc1nc(N2CCN(C(=O)CCc3ccccc3)CC2)sc1C. The van der Waals surface area contributed by atoms with Gasteiger partial charge in [0.05, 0.1) is 5.69 Å². The average Bonchev–Trinajstić information content (AvgIpc) is 2.93. The van der Waals surface area contributed by atoms with Gasteiger partial charge in [-0.1, -0.05) is 30.3 Å². The fourth-order valence-corrected chi connectivity index (χ4v) is 3.75. The van der Waals surface area contributed by atoms with Gasteiger partial charge < -0.3 is 9.80 Å². The maximum absolute atomic E-state index is 12.4. The Kier molecular flexibility index (Phi) is 4.96. The van der Waals surface area contributed by atoms with Gasteiger partial charge >= 0.3 is 0 Å². The van der Waals surface area contributed by atoms with Gasteiger partial charge in [-0.3, -0.25) is 4.79 Å². The van der Waals surface area contributed by atoms with Gasteiger partial charge in [0.1, 0.15) is 0 Å². The molecule has 1 amide bonds. The first-order valence-electron chi connectivity index (χ1n) is 8.14. The van der Waals surface area contributed by atoms with E-state index < -0.39 is 0 Å². The maximum Gasteiger partial charge on any atom is 0.223 e. The minimum Gasteiger partial charge on any atom is -0.345 e. The Balaban J connectivity index is 1.49. The van der Waals surface area contributed by atoms with Crippen LogP contribution in [-0.2, 0) is 11.2 Å². The van der Waals surface area contributed by atoms with Crippen LogP contribution in [0, 0.1) is 13.8 Å². The molecule has 1 aliphatic rings. The topological polar surface area (TPSA) is 36.4 Å². The summed E-state index contributed by atoms with van der Waals surface area (Å²) in [6.07, 6.45) is 1.42. The molecule has 0 N–H and O–H groups in total. The van der Waals surface area contributed by atoms with Crippen molar-refractivity contribution in [3.05, 3.63) is 46.5 Å². The molecule has 1 aromatic carbocycles. The molecule has 3 rings (SSSR count). The molecule has 0 unspecified atom stereocenters. The quantitative estimate of drug-likeness (QED) is 0.865. The summed E-state index contributed by atoms with van der Waals surface area (Å²) in [6, 6.07) is 10.2. The van der Waals surface area contributed by atoms with Crippen molar-refractivity contribution in [2.45, 2.75) is 26.7 Å². The van der Waals surface area contributed by atoms with Crippen molar-refractivity contribution in [1.29, 1.82) is 0 Å². The molecular formula is C18H23N3OS. The van der Waals surface area contributed by atoms with Crippen LogP contribution in [0.5, 0.6) is 0 Å². The van der Waals surface area contributed by atoms with Crippen LogP contribution < -0.4 is 4.90 Å². The van der Waals surface area contributed by atoms with Crippen LogP contribution in [0.4, 0.5) is 5.13 Å². The van der Waals surface area contributed by atoms with Crippen LogP contribution >= 0.6 is 11.3 Å². The number of carbonyl (C=O) groups is 1. The van der Waals surface area contributed by atoms with Crippen molar-refractivity contribution < 1.29 is 4.79 Å². The highest BCUT2D eigenvalue weighted by atomic mass is 32.1. The van der Waals surface area contributed by atoms with Crippen LogP contribution in [0.1, 0.15) is 22.6 Å². The Bertz CT molecular complexity index is 641. The molecule has 0 radical (unpaired) electrons. The summed E-state index contributed by atoms with van der Waals surface area (Å²) in [7, 11) is 0. The second-order valence-corrected chi connectivity index (χ2v) is 7.17. The Hall–Kier alpha value is -1.88. The molecule has 1 aliphatic heterocycles.